The molecule has 0 bridgehead atoms. The van der Waals surface area contributed by atoms with Gasteiger partial charge in [0.1, 0.15) is 6.04 Å². The topological polar surface area (TPSA) is 62.3 Å². The van der Waals surface area contributed by atoms with E-state index in [1.54, 1.807) is 4.90 Å². The number of hydrogen-bond donors (Lipinski definition) is 1. The lowest BCUT2D eigenvalue weighted by Gasteiger charge is -2.29. The van der Waals surface area contributed by atoms with Gasteiger partial charge in [0.25, 0.3) is 0 Å². The van der Waals surface area contributed by atoms with Crippen molar-refractivity contribution in [3.63, 3.8) is 0 Å². The van der Waals surface area contributed by atoms with Crippen LogP contribution in [0.5, 0.6) is 0 Å². The van der Waals surface area contributed by atoms with Gasteiger partial charge in [0, 0.05) is 18.4 Å². The van der Waals surface area contributed by atoms with E-state index in [0.29, 0.717) is 18.1 Å². The van der Waals surface area contributed by atoms with Crippen LogP contribution in [0.4, 0.5) is 5.13 Å². The molecule has 3 aromatic rings. The van der Waals surface area contributed by atoms with Gasteiger partial charge in [-0.15, -0.1) is 0 Å². The van der Waals surface area contributed by atoms with Crippen molar-refractivity contribution in [1.82, 2.24) is 9.88 Å². The fraction of sp³-hybridized carbons (Fsp3) is 0.350. The number of fused-ring (bicyclic) bond motifs is 3. The standard InChI is InChI=1S/C20H21N3O2S/c1-12(2)18(23-11-5-8-16(23)24)19(25)22-20-21-17-14-7-4-3-6-13(14)9-10-15(17)26-20/h3-4,6-7,9-10,12,18H,5,8,11H2,1-2H3,(H,21,22,25)/t18-/m1/s1. The Morgan fingerprint density at radius 2 is 2.04 bits per heavy atom. The number of anilines is 1. The molecule has 4 rings (SSSR count). The van der Waals surface area contributed by atoms with Crippen molar-refractivity contribution < 1.29 is 9.59 Å². The maximum atomic E-state index is 12.9. The number of rotatable bonds is 4. The van der Waals surface area contributed by atoms with Crippen LogP contribution < -0.4 is 5.32 Å². The summed E-state index contributed by atoms with van der Waals surface area (Å²) in [4.78, 5) is 31.3. The highest BCUT2D eigenvalue weighted by molar-refractivity contribution is 7.22. The average molecular weight is 367 g/mol. The Morgan fingerprint density at radius 1 is 1.23 bits per heavy atom. The Kier molecular flexibility index (Phi) is 4.36. The molecule has 0 aliphatic carbocycles. The van der Waals surface area contributed by atoms with E-state index in [9.17, 15) is 9.59 Å². The number of carbonyl (C=O) groups excluding carboxylic acids is 2. The first-order valence-electron chi connectivity index (χ1n) is 8.93. The third-order valence-corrected chi connectivity index (χ3v) is 5.80. The smallest absolute Gasteiger partial charge is 0.249 e. The van der Waals surface area contributed by atoms with Crippen molar-refractivity contribution in [1.29, 1.82) is 0 Å². The van der Waals surface area contributed by atoms with E-state index in [2.05, 4.69) is 22.4 Å². The molecule has 0 saturated carbocycles. The number of nitrogens with one attached hydrogen (secondary N) is 1. The van der Waals surface area contributed by atoms with Gasteiger partial charge in [-0.2, -0.15) is 0 Å². The molecule has 1 aliphatic rings. The molecule has 2 amide bonds. The summed E-state index contributed by atoms with van der Waals surface area (Å²) in [5, 5.41) is 5.74. The molecule has 2 heterocycles. The first-order valence-corrected chi connectivity index (χ1v) is 9.75. The van der Waals surface area contributed by atoms with Crippen LogP contribution in [0, 0.1) is 5.92 Å². The molecule has 0 spiro atoms. The van der Waals surface area contributed by atoms with Gasteiger partial charge in [0.2, 0.25) is 11.8 Å². The van der Waals surface area contributed by atoms with Gasteiger partial charge < -0.3 is 10.2 Å². The maximum Gasteiger partial charge on any atom is 0.249 e. The van der Waals surface area contributed by atoms with E-state index in [1.165, 1.54) is 11.3 Å². The second kappa shape index (κ2) is 6.68. The summed E-state index contributed by atoms with van der Waals surface area (Å²) in [6.07, 6.45) is 1.35. The molecule has 2 aromatic carbocycles. The SMILES string of the molecule is CC(C)[C@H](C(=O)Nc1nc2c(ccc3ccccc32)s1)N1CCCC1=O. The number of likely N-dealkylation sites (tertiary alicyclic amines) is 1. The molecule has 1 saturated heterocycles. The summed E-state index contributed by atoms with van der Waals surface area (Å²) in [5.74, 6) is -0.0417. The minimum atomic E-state index is -0.450. The van der Waals surface area contributed by atoms with E-state index in [0.717, 1.165) is 27.4 Å². The van der Waals surface area contributed by atoms with Crippen LogP contribution >= 0.6 is 11.3 Å². The van der Waals surface area contributed by atoms with Gasteiger partial charge in [-0.3, -0.25) is 9.59 Å². The molecule has 1 fully saturated rings. The number of amides is 2. The van der Waals surface area contributed by atoms with E-state index in [4.69, 9.17) is 0 Å². The van der Waals surface area contributed by atoms with Gasteiger partial charge in [0.15, 0.2) is 5.13 Å². The number of hydrogen-bond acceptors (Lipinski definition) is 4. The van der Waals surface area contributed by atoms with Crippen molar-refractivity contribution in [2.45, 2.75) is 32.7 Å². The minimum absolute atomic E-state index is 0.0484. The van der Waals surface area contributed by atoms with E-state index in [-0.39, 0.29) is 17.7 Å². The number of nitrogens with zero attached hydrogens (tertiary/aromatic N) is 2. The van der Waals surface area contributed by atoms with E-state index >= 15 is 0 Å². The van der Waals surface area contributed by atoms with Crippen LogP contribution in [0.1, 0.15) is 26.7 Å². The molecule has 1 N–H and O–H groups in total. The number of benzene rings is 2. The van der Waals surface area contributed by atoms with Gasteiger partial charge >= 0.3 is 0 Å². The summed E-state index contributed by atoms with van der Waals surface area (Å²) in [7, 11) is 0. The number of carbonyl (C=O) groups is 2. The minimum Gasteiger partial charge on any atom is -0.330 e. The predicted molar refractivity (Wildman–Crippen MR) is 105 cm³/mol. The molecule has 0 unspecified atom stereocenters. The third kappa shape index (κ3) is 2.94. The van der Waals surface area contributed by atoms with Crippen LogP contribution in [0.15, 0.2) is 36.4 Å². The quantitative estimate of drug-likeness (QED) is 0.757. The van der Waals surface area contributed by atoms with Crippen molar-refractivity contribution in [3.8, 4) is 0 Å². The number of thiazole rings is 1. The number of aromatic nitrogens is 1. The molecular formula is C20H21N3O2S. The normalized spacial score (nSPS) is 16.0. The van der Waals surface area contributed by atoms with Crippen LogP contribution in [-0.4, -0.2) is 34.3 Å². The van der Waals surface area contributed by atoms with Gasteiger partial charge in [-0.25, -0.2) is 4.98 Å². The average Bonchev–Trinajstić information content (AvgIpc) is 3.21. The largest absolute Gasteiger partial charge is 0.330 e. The summed E-state index contributed by atoms with van der Waals surface area (Å²) in [5.41, 5.74) is 0.904. The highest BCUT2D eigenvalue weighted by Crippen LogP contribution is 2.32. The molecular weight excluding hydrogens is 346 g/mol. The van der Waals surface area contributed by atoms with E-state index < -0.39 is 6.04 Å². The summed E-state index contributed by atoms with van der Waals surface area (Å²) in [6, 6.07) is 11.8. The van der Waals surface area contributed by atoms with Crippen molar-refractivity contribution in [2.75, 3.05) is 11.9 Å². The lowest BCUT2D eigenvalue weighted by atomic mass is 10.0. The Balaban J connectivity index is 1.64. The lowest BCUT2D eigenvalue weighted by Crippen LogP contribution is -2.47. The second-order valence-electron chi connectivity index (χ2n) is 7.02. The van der Waals surface area contributed by atoms with Gasteiger partial charge in [-0.1, -0.05) is 55.5 Å². The molecule has 6 heteroatoms. The van der Waals surface area contributed by atoms with Crippen LogP contribution in [-0.2, 0) is 9.59 Å². The van der Waals surface area contributed by atoms with Crippen LogP contribution in [0.2, 0.25) is 0 Å². The Labute approximate surface area is 156 Å². The van der Waals surface area contributed by atoms with Crippen molar-refractivity contribution >= 4 is 49.3 Å². The third-order valence-electron chi connectivity index (χ3n) is 4.86. The highest BCUT2D eigenvalue weighted by atomic mass is 32.1. The fourth-order valence-electron chi connectivity index (χ4n) is 3.66. The first kappa shape index (κ1) is 17.0. The van der Waals surface area contributed by atoms with Crippen LogP contribution in [0.3, 0.4) is 0 Å². The molecule has 5 nitrogen and oxygen atoms in total. The monoisotopic (exact) mass is 367 g/mol. The van der Waals surface area contributed by atoms with Gasteiger partial charge in [-0.05, 0) is 23.8 Å². The summed E-state index contributed by atoms with van der Waals surface area (Å²) < 4.78 is 1.04. The highest BCUT2D eigenvalue weighted by Gasteiger charge is 2.35. The first-order chi connectivity index (χ1) is 12.5. The van der Waals surface area contributed by atoms with E-state index in [1.807, 2.05) is 38.1 Å². The fourth-order valence-corrected chi connectivity index (χ4v) is 4.55. The molecule has 1 aliphatic heterocycles. The van der Waals surface area contributed by atoms with Crippen molar-refractivity contribution in [3.05, 3.63) is 36.4 Å². The van der Waals surface area contributed by atoms with Crippen molar-refractivity contribution in [2.24, 2.45) is 5.92 Å². The maximum absolute atomic E-state index is 12.9. The molecule has 1 atom stereocenters. The summed E-state index contributed by atoms with van der Waals surface area (Å²) in [6.45, 7) is 4.60. The molecule has 134 valence electrons. The Bertz CT molecular complexity index is 995. The van der Waals surface area contributed by atoms with Gasteiger partial charge in [0.05, 0.1) is 10.2 Å². The Morgan fingerprint density at radius 3 is 2.77 bits per heavy atom. The lowest BCUT2D eigenvalue weighted by molar-refractivity contribution is -0.136. The van der Waals surface area contributed by atoms with Crippen LogP contribution in [0.25, 0.3) is 21.0 Å². The zero-order valence-electron chi connectivity index (χ0n) is 14.9. The zero-order valence-corrected chi connectivity index (χ0v) is 15.7. The Hall–Kier alpha value is -2.47. The molecule has 0 radical (unpaired) electrons. The predicted octanol–water partition coefficient (Wildman–Crippen LogP) is 4.04. The molecule has 26 heavy (non-hydrogen) atoms. The zero-order chi connectivity index (χ0) is 18.3. The summed E-state index contributed by atoms with van der Waals surface area (Å²) >= 11 is 1.47. The second-order valence-corrected chi connectivity index (χ2v) is 8.05. The molecule has 1 aromatic heterocycles.